The number of pyridine rings is 1. The molecule has 4 nitrogen and oxygen atoms in total. The lowest BCUT2D eigenvalue weighted by atomic mass is 10.1. The molecule has 1 heterocycles. The first-order valence-electron chi connectivity index (χ1n) is 4.90. The quantitative estimate of drug-likeness (QED) is 0.450. The molecule has 1 unspecified atom stereocenters. The molecule has 0 aliphatic heterocycles. The number of nitro groups is 1. The van der Waals surface area contributed by atoms with Crippen molar-refractivity contribution in [3.8, 4) is 0 Å². The summed E-state index contributed by atoms with van der Waals surface area (Å²) in [6, 6.07) is 3.15. The molecule has 0 radical (unpaired) electrons. The second kappa shape index (κ2) is 4.14. The number of hydrogen-bond donors (Lipinski definition) is 0. The zero-order valence-corrected chi connectivity index (χ0v) is 8.85. The molecule has 15 heavy (non-hydrogen) atoms. The molecular weight excluding hydrogens is 216 g/mol. The highest BCUT2D eigenvalue weighted by atomic mass is 35.5. The topological polar surface area (TPSA) is 56.0 Å². The van der Waals surface area contributed by atoms with E-state index in [1.807, 2.05) is 0 Å². The monoisotopic (exact) mass is 226 g/mol. The summed E-state index contributed by atoms with van der Waals surface area (Å²) in [6.07, 6.45) is 4.37. The van der Waals surface area contributed by atoms with Crippen LogP contribution < -0.4 is 0 Å². The van der Waals surface area contributed by atoms with E-state index in [1.165, 1.54) is 25.1 Å². The first-order valence-corrected chi connectivity index (χ1v) is 5.34. The minimum absolute atomic E-state index is 0.0243. The Labute approximate surface area is 92.4 Å². The average molecular weight is 227 g/mol. The van der Waals surface area contributed by atoms with Crippen LogP contribution in [0.2, 0.25) is 0 Å². The summed E-state index contributed by atoms with van der Waals surface area (Å²) in [5.41, 5.74) is 0.851. The van der Waals surface area contributed by atoms with Crippen molar-refractivity contribution in [2.45, 2.75) is 24.6 Å². The van der Waals surface area contributed by atoms with E-state index in [9.17, 15) is 10.1 Å². The van der Waals surface area contributed by atoms with Crippen LogP contribution in [0.15, 0.2) is 18.3 Å². The molecule has 0 aromatic carbocycles. The molecule has 0 amide bonds. The Balaban J connectivity index is 1.99. The Bertz CT molecular complexity index is 362. The van der Waals surface area contributed by atoms with Gasteiger partial charge in [0.05, 0.1) is 4.92 Å². The Morgan fingerprint density at radius 1 is 1.60 bits per heavy atom. The van der Waals surface area contributed by atoms with Gasteiger partial charge >= 0.3 is 0 Å². The van der Waals surface area contributed by atoms with Crippen molar-refractivity contribution in [1.29, 1.82) is 0 Å². The van der Waals surface area contributed by atoms with Crippen LogP contribution in [-0.4, -0.2) is 15.3 Å². The molecule has 1 atom stereocenters. The van der Waals surface area contributed by atoms with Gasteiger partial charge in [-0.3, -0.25) is 15.1 Å². The van der Waals surface area contributed by atoms with Crippen LogP contribution in [-0.2, 0) is 6.42 Å². The lowest BCUT2D eigenvalue weighted by Crippen LogP contribution is -2.07. The number of aromatic nitrogens is 1. The van der Waals surface area contributed by atoms with E-state index in [0.29, 0.717) is 12.3 Å². The lowest BCUT2D eigenvalue weighted by molar-refractivity contribution is -0.385. The van der Waals surface area contributed by atoms with Crippen LogP contribution in [0.3, 0.4) is 0 Å². The van der Waals surface area contributed by atoms with Crippen molar-refractivity contribution < 1.29 is 4.92 Å². The van der Waals surface area contributed by atoms with E-state index in [4.69, 9.17) is 11.6 Å². The standard InChI is InChI=1S/C10H11ClN2O2/c11-10(7-1-2-7)5-8-3-4-9(6-12-8)13(14)15/h3-4,6-7,10H,1-2,5H2. The highest BCUT2D eigenvalue weighted by molar-refractivity contribution is 6.21. The Morgan fingerprint density at radius 2 is 2.33 bits per heavy atom. The van der Waals surface area contributed by atoms with Gasteiger partial charge in [-0.1, -0.05) is 0 Å². The van der Waals surface area contributed by atoms with Gasteiger partial charge in [0.25, 0.3) is 5.69 Å². The van der Waals surface area contributed by atoms with Gasteiger partial charge in [-0.2, -0.15) is 0 Å². The van der Waals surface area contributed by atoms with Gasteiger partial charge in [0, 0.05) is 23.6 Å². The summed E-state index contributed by atoms with van der Waals surface area (Å²) in [5.74, 6) is 0.614. The molecular formula is C10H11ClN2O2. The van der Waals surface area contributed by atoms with Crippen LogP contribution in [0.25, 0.3) is 0 Å². The third kappa shape index (κ3) is 2.65. The van der Waals surface area contributed by atoms with E-state index in [1.54, 1.807) is 6.07 Å². The molecule has 0 saturated heterocycles. The fourth-order valence-corrected chi connectivity index (χ4v) is 1.88. The van der Waals surface area contributed by atoms with Crippen LogP contribution in [0.5, 0.6) is 0 Å². The fraction of sp³-hybridized carbons (Fsp3) is 0.500. The highest BCUT2D eigenvalue weighted by Crippen LogP contribution is 2.36. The maximum Gasteiger partial charge on any atom is 0.287 e. The van der Waals surface area contributed by atoms with Gasteiger partial charge < -0.3 is 0 Å². The van der Waals surface area contributed by atoms with Crippen molar-refractivity contribution in [3.05, 3.63) is 34.1 Å². The number of rotatable bonds is 4. The molecule has 0 N–H and O–H groups in total. The predicted octanol–water partition coefficient (Wildman–Crippen LogP) is 2.55. The molecule has 1 fully saturated rings. The van der Waals surface area contributed by atoms with Gasteiger partial charge in [-0.05, 0) is 24.8 Å². The van der Waals surface area contributed by atoms with Gasteiger partial charge in [0.2, 0.25) is 0 Å². The summed E-state index contributed by atoms with van der Waals surface area (Å²) in [5, 5.41) is 10.5. The van der Waals surface area contributed by atoms with Crippen LogP contribution in [0, 0.1) is 16.0 Å². The van der Waals surface area contributed by atoms with Crippen molar-refractivity contribution in [1.82, 2.24) is 4.98 Å². The molecule has 5 heteroatoms. The summed E-state index contributed by atoms with van der Waals surface area (Å²) >= 11 is 6.14. The van der Waals surface area contributed by atoms with Gasteiger partial charge in [0.15, 0.2) is 0 Å². The fourth-order valence-electron chi connectivity index (χ4n) is 1.47. The largest absolute Gasteiger partial charge is 0.287 e. The first-order chi connectivity index (χ1) is 7.16. The second-order valence-corrected chi connectivity index (χ2v) is 4.38. The van der Waals surface area contributed by atoms with Gasteiger partial charge in [-0.15, -0.1) is 11.6 Å². The Kier molecular flexibility index (Phi) is 2.86. The number of halogens is 1. The molecule has 1 aromatic heterocycles. The van der Waals surface area contributed by atoms with Gasteiger partial charge in [0.1, 0.15) is 6.20 Å². The summed E-state index contributed by atoms with van der Waals surface area (Å²) < 4.78 is 0. The van der Waals surface area contributed by atoms with Crippen molar-refractivity contribution in [3.63, 3.8) is 0 Å². The zero-order chi connectivity index (χ0) is 10.8. The average Bonchev–Trinajstić information content (AvgIpc) is 3.01. The van der Waals surface area contributed by atoms with E-state index in [0.717, 1.165) is 5.69 Å². The number of alkyl halides is 1. The third-order valence-corrected chi connectivity index (χ3v) is 3.07. The zero-order valence-electron chi connectivity index (χ0n) is 8.10. The Morgan fingerprint density at radius 3 is 2.80 bits per heavy atom. The summed E-state index contributed by atoms with van der Waals surface area (Å²) in [6.45, 7) is 0. The van der Waals surface area contributed by atoms with E-state index in [-0.39, 0.29) is 11.1 Å². The Hall–Kier alpha value is -1.16. The lowest BCUT2D eigenvalue weighted by Gasteiger charge is -2.05. The maximum atomic E-state index is 10.4. The van der Waals surface area contributed by atoms with E-state index < -0.39 is 4.92 Å². The minimum atomic E-state index is -0.449. The molecule has 80 valence electrons. The van der Waals surface area contributed by atoms with Crippen LogP contribution in [0.1, 0.15) is 18.5 Å². The minimum Gasteiger partial charge on any atom is -0.258 e. The van der Waals surface area contributed by atoms with Crippen molar-refractivity contribution in [2.75, 3.05) is 0 Å². The van der Waals surface area contributed by atoms with Crippen LogP contribution >= 0.6 is 11.6 Å². The molecule has 1 aromatic rings. The smallest absolute Gasteiger partial charge is 0.258 e. The van der Waals surface area contributed by atoms with Crippen molar-refractivity contribution in [2.24, 2.45) is 5.92 Å². The van der Waals surface area contributed by atoms with Crippen LogP contribution in [0.4, 0.5) is 5.69 Å². The number of hydrogen-bond acceptors (Lipinski definition) is 3. The molecule has 2 rings (SSSR count). The first kappa shape index (κ1) is 10.4. The second-order valence-electron chi connectivity index (χ2n) is 3.82. The SMILES string of the molecule is O=[N+]([O-])c1ccc(CC(Cl)C2CC2)nc1. The predicted molar refractivity (Wildman–Crippen MR) is 57.0 cm³/mol. The molecule has 0 spiro atoms. The van der Waals surface area contributed by atoms with E-state index in [2.05, 4.69) is 4.98 Å². The third-order valence-electron chi connectivity index (χ3n) is 2.56. The molecule has 1 saturated carbocycles. The van der Waals surface area contributed by atoms with E-state index >= 15 is 0 Å². The molecule has 1 aliphatic rings. The van der Waals surface area contributed by atoms with Crippen molar-refractivity contribution >= 4 is 17.3 Å². The number of nitrogens with zero attached hydrogens (tertiary/aromatic N) is 2. The highest BCUT2D eigenvalue weighted by Gasteiger charge is 2.29. The molecule has 0 bridgehead atoms. The normalized spacial score (nSPS) is 17.4. The summed E-state index contributed by atoms with van der Waals surface area (Å²) in [4.78, 5) is 14.0. The summed E-state index contributed by atoms with van der Waals surface area (Å²) in [7, 11) is 0. The van der Waals surface area contributed by atoms with Gasteiger partial charge in [-0.25, -0.2) is 0 Å². The maximum absolute atomic E-state index is 10.4. The molecule has 1 aliphatic carbocycles.